The van der Waals surface area contributed by atoms with Gasteiger partial charge in [0.2, 0.25) is 5.91 Å². The van der Waals surface area contributed by atoms with Gasteiger partial charge < -0.3 is 9.84 Å². The van der Waals surface area contributed by atoms with Crippen molar-refractivity contribution in [1.29, 1.82) is 0 Å². The molecule has 0 aromatic carbocycles. The molecule has 7 nitrogen and oxygen atoms in total. The number of carbonyl (C=O) groups is 1. The van der Waals surface area contributed by atoms with Crippen LogP contribution in [0, 0.1) is 13.8 Å². The minimum Gasteiger partial charge on any atom is -0.361 e. The molecule has 2 aromatic heterocycles. The quantitative estimate of drug-likeness (QED) is 0.846. The topological polar surface area (TPSA) is 85.8 Å². The minimum absolute atomic E-state index is 0.00231. The second-order valence-electron chi connectivity index (χ2n) is 5.27. The molecule has 0 aliphatic rings. The van der Waals surface area contributed by atoms with Crippen LogP contribution in [0.1, 0.15) is 55.6 Å². The fourth-order valence-electron chi connectivity index (χ4n) is 2.50. The van der Waals surface area contributed by atoms with Gasteiger partial charge in [0, 0.05) is 18.5 Å². The molecule has 0 radical (unpaired) electrons. The lowest BCUT2D eigenvalue weighted by atomic mass is 10.1. The molecule has 2 heterocycles. The Kier molecular flexibility index (Phi) is 5.30. The monoisotopic (exact) mass is 305 g/mol. The predicted octanol–water partition coefficient (Wildman–Crippen LogP) is 2.10. The standard InChI is InChI=1S/C15H23N5O2/c1-5-13(15-16-9-17-20(15)6-2)18-14(21)8-7-12-10(3)19-22-11(12)4/h9,13H,5-8H2,1-4H3,(H,18,21). The van der Waals surface area contributed by atoms with Crippen molar-refractivity contribution in [2.45, 2.75) is 59.5 Å². The maximum atomic E-state index is 12.2. The molecule has 0 spiro atoms. The number of nitrogens with one attached hydrogen (secondary N) is 1. The summed E-state index contributed by atoms with van der Waals surface area (Å²) >= 11 is 0. The Morgan fingerprint density at radius 3 is 2.77 bits per heavy atom. The SMILES string of the molecule is CCC(NC(=O)CCc1c(C)noc1C)c1ncnn1CC. The van der Waals surface area contributed by atoms with Crippen LogP contribution in [0.5, 0.6) is 0 Å². The highest BCUT2D eigenvalue weighted by molar-refractivity contribution is 5.76. The number of aryl methyl sites for hydroxylation is 3. The Hall–Kier alpha value is -2.18. The van der Waals surface area contributed by atoms with Crippen LogP contribution in [0.25, 0.3) is 0 Å². The van der Waals surface area contributed by atoms with Crippen LogP contribution in [-0.4, -0.2) is 25.8 Å². The maximum Gasteiger partial charge on any atom is 0.220 e. The Morgan fingerprint density at radius 1 is 1.41 bits per heavy atom. The predicted molar refractivity (Wildman–Crippen MR) is 81.2 cm³/mol. The zero-order valence-electron chi connectivity index (χ0n) is 13.6. The van der Waals surface area contributed by atoms with Crippen molar-refractivity contribution in [2.75, 3.05) is 0 Å². The van der Waals surface area contributed by atoms with E-state index in [0.29, 0.717) is 12.8 Å². The Morgan fingerprint density at radius 2 is 2.18 bits per heavy atom. The fourth-order valence-corrected chi connectivity index (χ4v) is 2.50. The van der Waals surface area contributed by atoms with Gasteiger partial charge in [-0.1, -0.05) is 12.1 Å². The van der Waals surface area contributed by atoms with E-state index >= 15 is 0 Å². The molecule has 2 rings (SSSR count). The number of carbonyl (C=O) groups excluding carboxylic acids is 1. The van der Waals surface area contributed by atoms with Crippen LogP contribution in [0.2, 0.25) is 0 Å². The van der Waals surface area contributed by atoms with Crippen LogP contribution in [0.15, 0.2) is 10.9 Å². The highest BCUT2D eigenvalue weighted by Crippen LogP contribution is 2.16. The van der Waals surface area contributed by atoms with Crippen LogP contribution < -0.4 is 5.32 Å². The molecule has 0 saturated carbocycles. The fraction of sp³-hybridized carbons (Fsp3) is 0.600. The summed E-state index contributed by atoms with van der Waals surface area (Å²) in [6.07, 6.45) is 3.33. The third-order valence-corrected chi connectivity index (χ3v) is 3.78. The van der Waals surface area contributed by atoms with Gasteiger partial charge in [-0.3, -0.25) is 4.79 Å². The lowest BCUT2D eigenvalue weighted by Gasteiger charge is -2.16. The van der Waals surface area contributed by atoms with Gasteiger partial charge in [0.1, 0.15) is 17.9 Å². The molecular formula is C15H23N5O2. The van der Waals surface area contributed by atoms with Crippen molar-refractivity contribution in [3.8, 4) is 0 Å². The molecule has 0 saturated heterocycles. The normalized spacial score (nSPS) is 12.4. The molecule has 1 N–H and O–H groups in total. The van der Waals surface area contributed by atoms with Crippen molar-refractivity contribution < 1.29 is 9.32 Å². The van der Waals surface area contributed by atoms with Crippen molar-refractivity contribution in [3.05, 3.63) is 29.2 Å². The summed E-state index contributed by atoms with van der Waals surface area (Å²) in [6, 6.07) is -0.111. The molecule has 0 aliphatic carbocycles. The summed E-state index contributed by atoms with van der Waals surface area (Å²) in [5, 5.41) is 11.1. The zero-order chi connectivity index (χ0) is 16.1. The molecule has 1 amide bonds. The average Bonchev–Trinajstić information content (AvgIpc) is 3.10. The van der Waals surface area contributed by atoms with E-state index in [1.165, 1.54) is 6.33 Å². The molecular weight excluding hydrogens is 282 g/mol. The number of aromatic nitrogens is 4. The molecule has 0 bridgehead atoms. The molecule has 7 heteroatoms. The Balaban J connectivity index is 1.95. The van der Waals surface area contributed by atoms with E-state index in [2.05, 4.69) is 20.6 Å². The minimum atomic E-state index is -0.111. The lowest BCUT2D eigenvalue weighted by Crippen LogP contribution is -2.30. The van der Waals surface area contributed by atoms with Crippen molar-refractivity contribution >= 4 is 5.91 Å². The van der Waals surface area contributed by atoms with Gasteiger partial charge in [0.25, 0.3) is 0 Å². The van der Waals surface area contributed by atoms with Crippen LogP contribution in [0.3, 0.4) is 0 Å². The number of nitrogens with zero attached hydrogens (tertiary/aromatic N) is 4. The van der Waals surface area contributed by atoms with Crippen molar-refractivity contribution in [1.82, 2.24) is 25.2 Å². The Labute approximate surface area is 130 Å². The summed E-state index contributed by atoms with van der Waals surface area (Å²) in [4.78, 5) is 16.5. The zero-order valence-corrected chi connectivity index (χ0v) is 13.6. The smallest absolute Gasteiger partial charge is 0.220 e. The molecule has 120 valence electrons. The van der Waals surface area contributed by atoms with Gasteiger partial charge in [-0.05, 0) is 33.6 Å². The number of amides is 1. The van der Waals surface area contributed by atoms with E-state index in [9.17, 15) is 4.79 Å². The molecule has 0 fully saturated rings. The first-order valence-corrected chi connectivity index (χ1v) is 7.65. The van der Waals surface area contributed by atoms with Gasteiger partial charge >= 0.3 is 0 Å². The second kappa shape index (κ2) is 7.20. The maximum absolute atomic E-state index is 12.2. The van der Waals surface area contributed by atoms with Gasteiger partial charge in [-0.15, -0.1) is 0 Å². The van der Waals surface area contributed by atoms with Gasteiger partial charge in [0.05, 0.1) is 11.7 Å². The molecule has 22 heavy (non-hydrogen) atoms. The summed E-state index contributed by atoms with van der Waals surface area (Å²) in [6.45, 7) is 8.52. The Bertz CT molecular complexity index is 612. The highest BCUT2D eigenvalue weighted by atomic mass is 16.5. The van der Waals surface area contributed by atoms with E-state index in [1.807, 2.05) is 32.4 Å². The van der Waals surface area contributed by atoms with E-state index < -0.39 is 0 Å². The van der Waals surface area contributed by atoms with Crippen LogP contribution in [-0.2, 0) is 17.8 Å². The number of hydrogen-bond donors (Lipinski definition) is 1. The van der Waals surface area contributed by atoms with E-state index in [4.69, 9.17) is 4.52 Å². The van der Waals surface area contributed by atoms with E-state index in [1.54, 1.807) is 0 Å². The first kappa shape index (κ1) is 16.2. The largest absolute Gasteiger partial charge is 0.361 e. The lowest BCUT2D eigenvalue weighted by molar-refractivity contribution is -0.121. The van der Waals surface area contributed by atoms with E-state index in [0.717, 1.165) is 35.8 Å². The first-order valence-electron chi connectivity index (χ1n) is 7.65. The van der Waals surface area contributed by atoms with Crippen molar-refractivity contribution in [3.63, 3.8) is 0 Å². The second-order valence-corrected chi connectivity index (χ2v) is 5.27. The van der Waals surface area contributed by atoms with Crippen LogP contribution >= 0.6 is 0 Å². The number of hydrogen-bond acceptors (Lipinski definition) is 5. The summed E-state index contributed by atoms with van der Waals surface area (Å²) in [5.41, 5.74) is 1.86. The highest BCUT2D eigenvalue weighted by Gasteiger charge is 2.18. The van der Waals surface area contributed by atoms with Crippen LogP contribution in [0.4, 0.5) is 0 Å². The van der Waals surface area contributed by atoms with Crippen molar-refractivity contribution in [2.24, 2.45) is 0 Å². The average molecular weight is 305 g/mol. The molecule has 2 aromatic rings. The third kappa shape index (κ3) is 3.52. The number of rotatable bonds is 7. The van der Waals surface area contributed by atoms with E-state index in [-0.39, 0.29) is 11.9 Å². The van der Waals surface area contributed by atoms with Gasteiger partial charge in [0.15, 0.2) is 0 Å². The summed E-state index contributed by atoms with van der Waals surface area (Å²) in [7, 11) is 0. The molecule has 1 atom stereocenters. The third-order valence-electron chi connectivity index (χ3n) is 3.78. The molecule has 1 unspecified atom stereocenters. The summed E-state index contributed by atoms with van der Waals surface area (Å²) < 4.78 is 6.92. The summed E-state index contributed by atoms with van der Waals surface area (Å²) in [5.74, 6) is 1.58. The first-order chi connectivity index (χ1) is 10.6. The van der Waals surface area contributed by atoms with Gasteiger partial charge in [-0.25, -0.2) is 9.67 Å². The molecule has 0 aliphatic heterocycles. The van der Waals surface area contributed by atoms with Gasteiger partial charge in [-0.2, -0.15) is 5.10 Å².